The first-order valence-electron chi connectivity index (χ1n) is 13.2. The van der Waals surface area contributed by atoms with Crippen molar-refractivity contribution in [2.24, 2.45) is 0 Å². The summed E-state index contributed by atoms with van der Waals surface area (Å²) in [7, 11) is 0. The van der Waals surface area contributed by atoms with E-state index in [0.29, 0.717) is 48.6 Å². The monoisotopic (exact) mass is 526 g/mol. The molecule has 0 aliphatic carbocycles. The fourth-order valence-corrected chi connectivity index (χ4v) is 3.44. The highest BCUT2D eigenvalue weighted by Crippen LogP contribution is 2.47. The molecule has 0 aromatic heterocycles. The number of ether oxygens (including phenoxy) is 5. The summed E-state index contributed by atoms with van der Waals surface area (Å²) in [6, 6.07) is 12.2. The largest absolute Gasteiger partial charge is 0.508 e. The van der Waals surface area contributed by atoms with Gasteiger partial charge in [-0.25, -0.2) is 0 Å². The highest BCUT2D eigenvalue weighted by molar-refractivity contribution is 5.59. The van der Waals surface area contributed by atoms with Crippen LogP contribution in [0.25, 0.3) is 0 Å². The number of benzene rings is 3. The molecule has 3 aromatic rings. The highest BCUT2D eigenvalue weighted by atomic mass is 16.5. The van der Waals surface area contributed by atoms with E-state index in [1.54, 1.807) is 18.2 Å². The normalized spacial score (nSPS) is 10.7. The van der Waals surface area contributed by atoms with Crippen LogP contribution in [0.2, 0.25) is 0 Å². The Hall–Kier alpha value is -3.94. The third-order valence-corrected chi connectivity index (χ3v) is 5.57. The third-order valence-electron chi connectivity index (χ3n) is 5.57. The average molecular weight is 527 g/mol. The molecule has 8 heteroatoms. The predicted molar refractivity (Wildman–Crippen MR) is 146 cm³/mol. The second-order valence-electron chi connectivity index (χ2n) is 8.84. The molecule has 0 amide bonds. The van der Waals surface area contributed by atoms with Gasteiger partial charge < -0.3 is 39.0 Å². The molecule has 0 bridgehead atoms. The molecule has 3 N–H and O–H groups in total. The van der Waals surface area contributed by atoms with E-state index in [4.69, 9.17) is 23.7 Å². The molecule has 0 aliphatic heterocycles. The molecule has 0 saturated carbocycles. The van der Waals surface area contributed by atoms with E-state index >= 15 is 0 Å². The van der Waals surface area contributed by atoms with Crippen LogP contribution >= 0.6 is 0 Å². The van der Waals surface area contributed by atoms with Crippen molar-refractivity contribution < 1.29 is 39.0 Å². The Morgan fingerprint density at radius 2 is 1.00 bits per heavy atom. The Morgan fingerprint density at radius 1 is 0.526 bits per heavy atom. The quantitative estimate of drug-likeness (QED) is 0.162. The molecule has 3 aromatic carbocycles. The molecule has 0 saturated heterocycles. The van der Waals surface area contributed by atoms with Crippen molar-refractivity contribution in [3.8, 4) is 57.5 Å². The van der Waals surface area contributed by atoms with Gasteiger partial charge in [-0.15, -0.1) is 0 Å². The maximum absolute atomic E-state index is 11.0. The molecule has 38 heavy (non-hydrogen) atoms. The van der Waals surface area contributed by atoms with Crippen LogP contribution < -0.4 is 23.7 Å². The predicted octanol–water partition coefficient (Wildman–Crippen LogP) is 7.92. The van der Waals surface area contributed by atoms with Gasteiger partial charge in [0.25, 0.3) is 0 Å². The first-order chi connectivity index (χ1) is 18.4. The number of hydrogen-bond acceptors (Lipinski definition) is 8. The number of hydrogen-bond donors (Lipinski definition) is 3. The van der Waals surface area contributed by atoms with E-state index in [9.17, 15) is 15.3 Å². The smallest absolute Gasteiger partial charge is 0.211 e. The Bertz CT molecular complexity index is 1160. The van der Waals surface area contributed by atoms with Gasteiger partial charge in [0.1, 0.15) is 17.2 Å². The minimum Gasteiger partial charge on any atom is -0.508 e. The van der Waals surface area contributed by atoms with E-state index in [-0.39, 0.29) is 28.7 Å². The van der Waals surface area contributed by atoms with Crippen LogP contribution in [0.4, 0.5) is 0 Å². The fourth-order valence-electron chi connectivity index (χ4n) is 3.44. The van der Waals surface area contributed by atoms with Crippen LogP contribution in [-0.4, -0.2) is 35.1 Å². The SMILES string of the molecule is CCCCOc1cc(O)ccc1Oc1cc(O)c(Oc2ccc(O)cc2OCCCC)c(OCCCC)c1. The number of unbranched alkanes of at least 4 members (excludes halogenated alkanes) is 3. The van der Waals surface area contributed by atoms with E-state index in [0.717, 1.165) is 38.5 Å². The number of phenolic OH excluding ortho intramolecular Hbond substituents is 3. The third kappa shape index (κ3) is 8.30. The van der Waals surface area contributed by atoms with Crippen LogP contribution in [0, 0.1) is 0 Å². The van der Waals surface area contributed by atoms with Crippen LogP contribution in [-0.2, 0) is 0 Å². The second kappa shape index (κ2) is 14.7. The van der Waals surface area contributed by atoms with Gasteiger partial charge in [0, 0.05) is 24.3 Å². The Labute approximate surface area is 224 Å². The van der Waals surface area contributed by atoms with Gasteiger partial charge in [0.15, 0.2) is 34.5 Å². The lowest BCUT2D eigenvalue weighted by atomic mass is 10.2. The van der Waals surface area contributed by atoms with Gasteiger partial charge in [-0.1, -0.05) is 40.0 Å². The van der Waals surface area contributed by atoms with E-state index in [2.05, 4.69) is 20.8 Å². The molecule has 8 nitrogen and oxygen atoms in total. The molecule has 3 rings (SSSR count). The summed E-state index contributed by atoms with van der Waals surface area (Å²) in [5.74, 6) is 2.06. The minimum absolute atomic E-state index is 0.0436. The van der Waals surface area contributed by atoms with Gasteiger partial charge >= 0.3 is 0 Å². The summed E-state index contributed by atoms with van der Waals surface area (Å²) in [5.41, 5.74) is 0. The van der Waals surface area contributed by atoms with Gasteiger partial charge in [0.05, 0.1) is 19.8 Å². The summed E-state index contributed by atoms with van der Waals surface area (Å²) in [6.45, 7) is 7.53. The second-order valence-corrected chi connectivity index (χ2v) is 8.84. The summed E-state index contributed by atoms with van der Waals surface area (Å²) >= 11 is 0. The summed E-state index contributed by atoms with van der Waals surface area (Å²) in [5, 5.41) is 30.8. The molecule has 0 unspecified atom stereocenters. The van der Waals surface area contributed by atoms with Crippen molar-refractivity contribution in [2.45, 2.75) is 59.3 Å². The standard InChI is InChI=1S/C30H38O8/c1-4-7-14-34-27-17-21(31)10-12-25(27)37-23-19-24(33)30(29(20-23)36-16-9-6-3)38-26-13-11-22(32)18-28(26)35-15-8-5-2/h10-13,17-20,31-33H,4-9,14-16H2,1-3H3. The van der Waals surface area contributed by atoms with Crippen LogP contribution in [0.1, 0.15) is 59.3 Å². The van der Waals surface area contributed by atoms with Crippen molar-refractivity contribution >= 4 is 0 Å². The molecular weight excluding hydrogens is 488 g/mol. The van der Waals surface area contributed by atoms with Gasteiger partial charge in [-0.05, 0) is 43.5 Å². The number of rotatable bonds is 16. The first-order valence-corrected chi connectivity index (χ1v) is 13.2. The minimum atomic E-state index is -0.200. The van der Waals surface area contributed by atoms with Crippen molar-refractivity contribution in [1.29, 1.82) is 0 Å². The Morgan fingerprint density at radius 3 is 1.50 bits per heavy atom. The van der Waals surface area contributed by atoms with Gasteiger partial charge in [-0.2, -0.15) is 0 Å². The lowest BCUT2D eigenvalue weighted by Gasteiger charge is -2.18. The lowest BCUT2D eigenvalue weighted by Crippen LogP contribution is -2.02. The molecular formula is C30H38O8. The summed E-state index contributed by atoms with van der Waals surface area (Å²) in [4.78, 5) is 0. The van der Waals surface area contributed by atoms with E-state index < -0.39 is 0 Å². The molecule has 0 heterocycles. The van der Waals surface area contributed by atoms with Crippen molar-refractivity contribution in [3.05, 3.63) is 48.5 Å². The number of aromatic hydroxyl groups is 3. The Kier molecular flexibility index (Phi) is 11.1. The summed E-state index contributed by atoms with van der Waals surface area (Å²) < 4.78 is 29.7. The number of phenols is 3. The van der Waals surface area contributed by atoms with E-state index in [1.807, 2.05) is 0 Å². The fraction of sp³-hybridized carbons (Fsp3) is 0.400. The van der Waals surface area contributed by atoms with E-state index in [1.165, 1.54) is 30.3 Å². The molecule has 0 aliphatic rings. The highest BCUT2D eigenvalue weighted by Gasteiger charge is 2.19. The topological polar surface area (TPSA) is 107 Å². The van der Waals surface area contributed by atoms with Crippen LogP contribution in [0.15, 0.2) is 48.5 Å². The Balaban J connectivity index is 1.92. The maximum Gasteiger partial charge on any atom is 0.211 e. The van der Waals surface area contributed by atoms with Gasteiger partial charge in [0.2, 0.25) is 5.75 Å². The zero-order chi connectivity index (χ0) is 27.3. The molecule has 0 fully saturated rings. The zero-order valence-corrected chi connectivity index (χ0v) is 22.4. The van der Waals surface area contributed by atoms with Crippen LogP contribution in [0.3, 0.4) is 0 Å². The lowest BCUT2D eigenvalue weighted by molar-refractivity contribution is 0.274. The molecule has 0 spiro atoms. The molecule has 206 valence electrons. The average Bonchev–Trinajstić information content (AvgIpc) is 2.89. The molecule has 0 atom stereocenters. The van der Waals surface area contributed by atoms with Crippen molar-refractivity contribution in [1.82, 2.24) is 0 Å². The van der Waals surface area contributed by atoms with Crippen molar-refractivity contribution in [3.63, 3.8) is 0 Å². The molecule has 0 radical (unpaired) electrons. The van der Waals surface area contributed by atoms with Crippen LogP contribution in [0.5, 0.6) is 57.5 Å². The first kappa shape index (κ1) is 28.6. The van der Waals surface area contributed by atoms with Gasteiger partial charge in [-0.3, -0.25) is 0 Å². The summed E-state index contributed by atoms with van der Waals surface area (Å²) in [6.07, 6.45) is 5.37. The van der Waals surface area contributed by atoms with Crippen molar-refractivity contribution in [2.75, 3.05) is 19.8 Å². The zero-order valence-electron chi connectivity index (χ0n) is 22.4. The maximum atomic E-state index is 11.0.